The van der Waals surface area contributed by atoms with Gasteiger partial charge in [-0.2, -0.15) is 0 Å². The number of amides is 1. The Hall–Kier alpha value is -3.55. The number of ether oxygens (including phenoxy) is 1. The third kappa shape index (κ3) is 5.04. The van der Waals surface area contributed by atoms with Crippen LogP contribution >= 0.6 is 0 Å². The van der Waals surface area contributed by atoms with Gasteiger partial charge in [0.05, 0.1) is 11.4 Å². The topological polar surface area (TPSA) is 66.7 Å². The van der Waals surface area contributed by atoms with Crippen molar-refractivity contribution >= 4 is 17.6 Å². The van der Waals surface area contributed by atoms with Crippen molar-refractivity contribution in [3.63, 3.8) is 0 Å². The molecular formula is C32H42N6O2. The lowest BCUT2D eigenvalue weighted by Gasteiger charge is -2.43. The maximum absolute atomic E-state index is 13.0. The Balaban J connectivity index is 1.26. The van der Waals surface area contributed by atoms with E-state index in [1.165, 1.54) is 16.7 Å². The number of nitrogens with zero attached hydrogens (tertiary/aromatic N) is 6. The highest BCUT2D eigenvalue weighted by Gasteiger charge is 2.47. The first-order valence-corrected chi connectivity index (χ1v) is 14.7. The molecule has 2 aromatic heterocycles. The van der Waals surface area contributed by atoms with E-state index in [9.17, 15) is 4.79 Å². The van der Waals surface area contributed by atoms with Gasteiger partial charge in [-0.25, -0.2) is 4.79 Å². The molecule has 3 aromatic rings. The van der Waals surface area contributed by atoms with Gasteiger partial charge >= 0.3 is 6.09 Å². The normalized spacial score (nSPS) is 22.8. The van der Waals surface area contributed by atoms with Crippen molar-refractivity contribution in [1.82, 2.24) is 19.7 Å². The van der Waals surface area contributed by atoms with Crippen molar-refractivity contribution in [2.45, 2.75) is 83.5 Å². The van der Waals surface area contributed by atoms with Crippen molar-refractivity contribution in [1.29, 1.82) is 0 Å². The van der Waals surface area contributed by atoms with Crippen molar-refractivity contribution in [2.75, 3.05) is 29.9 Å². The second-order valence-electron chi connectivity index (χ2n) is 12.9. The van der Waals surface area contributed by atoms with E-state index < -0.39 is 5.60 Å². The number of piperidine rings is 1. The molecule has 0 N–H and O–H groups in total. The quantitative estimate of drug-likeness (QED) is 0.402. The lowest BCUT2D eigenvalue weighted by Crippen LogP contribution is -2.54. The number of anilines is 2. The maximum Gasteiger partial charge on any atom is 0.410 e. The summed E-state index contributed by atoms with van der Waals surface area (Å²) >= 11 is 0. The maximum atomic E-state index is 13.0. The molecule has 2 saturated heterocycles. The highest BCUT2D eigenvalue weighted by molar-refractivity contribution is 5.77. The van der Waals surface area contributed by atoms with E-state index in [4.69, 9.17) is 14.9 Å². The fraction of sp³-hybridized carbons (Fsp3) is 0.531. The van der Waals surface area contributed by atoms with Gasteiger partial charge < -0.3 is 24.0 Å². The predicted octanol–water partition coefficient (Wildman–Crippen LogP) is 6.03. The monoisotopic (exact) mass is 542 g/mol. The summed E-state index contributed by atoms with van der Waals surface area (Å²) in [6, 6.07) is 11.7. The lowest BCUT2D eigenvalue weighted by molar-refractivity contribution is 0.00582. The van der Waals surface area contributed by atoms with Crippen LogP contribution in [0.5, 0.6) is 0 Å². The zero-order valence-electron chi connectivity index (χ0n) is 24.7. The van der Waals surface area contributed by atoms with Crippen molar-refractivity contribution in [3.05, 3.63) is 48.3 Å². The molecule has 1 aromatic carbocycles. The molecule has 0 unspecified atom stereocenters. The van der Waals surface area contributed by atoms with Crippen LogP contribution in [0.2, 0.25) is 0 Å². The first-order valence-electron chi connectivity index (χ1n) is 14.7. The summed E-state index contributed by atoms with van der Waals surface area (Å²) < 4.78 is 7.85. The van der Waals surface area contributed by atoms with E-state index in [0.717, 1.165) is 68.0 Å². The number of hydrogen-bond acceptors (Lipinski definition) is 6. The van der Waals surface area contributed by atoms with E-state index in [-0.39, 0.29) is 18.2 Å². The first-order chi connectivity index (χ1) is 19.1. The molecule has 3 atom stereocenters. The SMILES string of the molecule is Cc1cc(-c2ccn(C)c2)ccc1-c1cc2c(nn1)N([C@@H]1C[C@H]3CC[C@@H](C1)N3C(=O)OC(C)(C)C)CCCN2C. The fourth-order valence-corrected chi connectivity index (χ4v) is 6.87. The number of carbonyl (C=O) groups is 1. The summed E-state index contributed by atoms with van der Waals surface area (Å²) in [4.78, 5) is 19.9. The van der Waals surface area contributed by atoms with Crippen LogP contribution in [-0.4, -0.2) is 69.6 Å². The number of rotatable bonds is 3. The van der Waals surface area contributed by atoms with Crippen LogP contribution in [0.15, 0.2) is 42.7 Å². The molecule has 3 aliphatic rings. The van der Waals surface area contributed by atoms with Gasteiger partial charge in [0.25, 0.3) is 0 Å². The smallest absolute Gasteiger partial charge is 0.410 e. The molecule has 3 aliphatic heterocycles. The van der Waals surface area contributed by atoms with Crippen molar-refractivity contribution < 1.29 is 9.53 Å². The summed E-state index contributed by atoms with van der Waals surface area (Å²) in [5.41, 5.74) is 6.29. The van der Waals surface area contributed by atoms with Crippen LogP contribution in [0.1, 0.15) is 58.4 Å². The van der Waals surface area contributed by atoms with Crippen LogP contribution in [-0.2, 0) is 11.8 Å². The number of aromatic nitrogens is 3. The number of carbonyl (C=O) groups excluding carboxylic acids is 1. The van der Waals surface area contributed by atoms with Gasteiger partial charge in [-0.15, -0.1) is 10.2 Å². The van der Waals surface area contributed by atoms with Crippen LogP contribution in [0.3, 0.4) is 0 Å². The summed E-state index contributed by atoms with van der Waals surface area (Å²) in [6.45, 7) is 9.90. The fourth-order valence-electron chi connectivity index (χ4n) is 6.87. The van der Waals surface area contributed by atoms with Crippen LogP contribution in [0.25, 0.3) is 22.4 Å². The second-order valence-corrected chi connectivity index (χ2v) is 12.9. The average molecular weight is 543 g/mol. The number of benzene rings is 1. The molecule has 8 nitrogen and oxygen atoms in total. The minimum atomic E-state index is -0.477. The van der Waals surface area contributed by atoms with Gasteiger partial charge in [0.1, 0.15) is 5.60 Å². The molecule has 0 spiro atoms. The predicted molar refractivity (Wildman–Crippen MR) is 160 cm³/mol. The molecule has 2 fully saturated rings. The molecule has 212 valence electrons. The Morgan fingerprint density at radius 1 is 0.950 bits per heavy atom. The van der Waals surface area contributed by atoms with Gasteiger partial charge in [0.15, 0.2) is 5.82 Å². The Morgan fingerprint density at radius 2 is 1.70 bits per heavy atom. The Morgan fingerprint density at radius 3 is 2.35 bits per heavy atom. The number of hydrogen-bond donors (Lipinski definition) is 0. The molecule has 0 saturated carbocycles. The second kappa shape index (κ2) is 10.1. The van der Waals surface area contributed by atoms with Crippen molar-refractivity contribution in [2.24, 2.45) is 7.05 Å². The van der Waals surface area contributed by atoms with E-state index >= 15 is 0 Å². The first kappa shape index (κ1) is 26.7. The summed E-state index contributed by atoms with van der Waals surface area (Å²) in [7, 11) is 4.21. The molecule has 8 heteroatoms. The van der Waals surface area contributed by atoms with Crippen LogP contribution in [0.4, 0.5) is 16.3 Å². The third-order valence-electron chi connectivity index (χ3n) is 8.75. The molecule has 2 bridgehead atoms. The van der Waals surface area contributed by atoms with Crippen LogP contribution < -0.4 is 9.80 Å². The molecular weight excluding hydrogens is 500 g/mol. The summed E-state index contributed by atoms with van der Waals surface area (Å²) in [5, 5.41) is 9.67. The Labute approximate surface area is 237 Å². The van der Waals surface area contributed by atoms with E-state index in [1.807, 2.05) is 32.7 Å². The zero-order valence-corrected chi connectivity index (χ0v) is 24.7. The number of fused-ring (bicyclic) bond motifs is 3. The molecule has 5 heterocycles. The van der Waals surface area contributed by atoms with Gasteiger partial charge in [-0.1, -0.05) is 18.2 Å². The summed E-state index contributed by atoms with van der Waals surface area (Å²) in [6.07, 6.45) is 9.11. The highest BCUT2D eigenvalue weighted by atomic mass is 16.6. The largest absolute Gasteiger partial charge is 0.444 e. The van der Waals surface area contributed by atoms with Crippen LogP contribution in [0, 0.1) is 6.92 Å². The molecule has 0 aliphatic carbocycles. The minimum absolute atomic E-state index is 0.160. The average Bonchev–Trinajstić information content (AvgIpc) is 3.39. The number of aryl methyl sites for hydroxylation is 2. The highest BCUT2D eigenvalue weighted by Crippen LogP contribution is 2.42. The van der Waals surface area contributed by atoms with Gasteiger partial charge in [-0.05, 0) is 88.6 Å². The third-order valence-corrected chi connectivity index (χ3v) is 8.75. The van der Waals surface area contributed by atoms with E-state index in [1.54, 1.807) is 0 Å². The minimum Gasteiger partial charge on any atom is -0.444 e. The standard InChI is InChI=1S/C32H42N6O2/c1-21-16-22(23-12-15-35(5)20-23)8-11-27(21)28-19-29-30(34-33-28)37(14-7-13-36(29)6)26-17-24-9-10-25(18-26)38(24)31(39)40-32(2,3)4/h8,11-12,15-16,19-20,24-26H,7,9-10,13-14,17-18H2,1-6H3/t24-,25+,26-. The Kier molecular flexibility index (Phi) is 6.75. The molecule has 1 amide bonds. The van der Waals surface area contributed by atoms with E-state index in [2.05, 4.69) is 71.1 Å². The lowest BCUT2D eigenvalue weighted by atomic mass is 9.95. The Bertz CT molecular complexity index is 1390. The van der Waals surface area contributed by atoms with Gasteiger partial charge in [0, 0.05) is 63.3 Å². The molecule has 40 heavy (non-hydrogen) atoms. The van der Waals surface area contributed by atoms with E-state index in [0.29, 0.717) is 6.04 Å². The molecule has 0 radical (unpaired) electrons. The molecule has 6 rings (SSSR count). The summed E-state index contributed by atoms with van der Waals surface area (Å²) in [5.74, 6) is 0.970. The van der Waals surface area contributed by atoms with Gasteiger partial charge in [0.2, 0.25) is 0 Å². The van der Waals surface area contributed by atoms with Crippen molar-refractivity contribution in [3.8, 4) is 22.4 Å². The zero-order chi connectivity index (χ0) is 28.2. The van der Waals surface area contributed by atoms with Gasteiger partial charge in [-0.3, -0.25) is 0 Å².